The second-order valence-electron chi connectivity index (χ2n) is 7.13. The Balaban J connectivity index is 1.60. The summed E-state index contributed by atoms with van der Waals surface area (Å²) in [5.41, 5.74) is 16.3. The van der Waals surface area contributed by atoms with Crippen LogP contribution in [-0.4, -0.2) is 31.6 Å². The Labute approximate surface area is 157 Å². The third-order valence-corrected chi connectivity index (χ3v) is 5.15. The standard InChI is InChI=1S/C20H23N7/c21-16-9-11-20(22,12-10-16)18-6-2-5-17(23-18)15-4-1-3-14(13-15)7-8-19-24-26-27-25-19/h1-8,13,16H,9-12,21-22H2,(H,24,25,26,27). The maximum atomic E-state index is 6.67. The molecule has 1 aliphatic carbocycles. The second-order valence-corrected chi connectivity index (χ2v) is 7.13. The summed E-state index contributed by atoms with van der Waals surface area (Å²) in [6, 6.07) is 14.5. The quantitative estimate of drug-likeness (QED) is 0.657. The molecular formula is C20H23N7. The molecule has 0 amide bonds. The number of tetrazole rings is 1. The summed E-state index contributed by atoms with van der Waals surface area (Å²) < 4.78 is 0. The molecule has 5 N–H and O–H groups in total. The third kappa shape index (κ3) is 3.94. The van der Waals surface area contributed by atoms with Gasteiger partial charge in [-0.05, 0) is 60.7 Å². The fourth-order valence-corrected chi connectivity index (χ4v) is 3.50. The number of hydrogen-bond donors (Lipinski definition) is 3. The average Bonchev–Trinajstić information content (AvgIpc) is 3.23. The summed E-state index contributed by atoms with van der Waals surface area (Å²) in [7, 11) is 0. The molecule has 1 saturated carbocycles. The van der Waals surface area contributed by atoms with Crippen LogP contribution in [0, 0.1) is 0 Å². The number of nitrogens with zero attached hydrogens (tertiary/aromatic N) is 4. The van der Waals surface area contributed by atoms with E-state index in [0.29, 0.717) is 5.82 Å². The zero-order valence-corrected chi connectivity index (χ0v) is 15.0. The Morgan fingerprint density at radius 3 is 2.67 bits per heavy atom. The maximum Gasteiger partial charge on any atom is 0.197 e. The van der Waals surface area contributed by atoms with E-state index >= 15 is 0 Å². The van der Waals surface area contributed by atoms with Gasteiger partial charge in [-0.1, -0.05) is 30.3 Å². The van der Waals surface area contributed by atoms with Crippen molar-refractivity contribution in [3.05, 3.63) is 59.5 Å². The summed E-state index contributed by atoms with van der Waals surface area (Å²) in [5.74, 6) is 0.543. The van der Waals surface area contributed by atoms with Crippen molar-refractivity contribution in [3.63, 3.8) is 0 Å². The molecule has 0 radical (unpaired) electrons. The van der Waals surface area contributed by atoms with Gasteiger partial charge in [0, 0.05) is 11.6 Å². The van der Waals surface area contributed by atoms with Crippen LogP contribution in [0.5, 0.6) is 0 Å². The molecule has 2 aromatic heterocycles. The molecule has 1 aliphatic rings. The van der Waals surface area contributed by atoms with E-state index in [2.05, 4.69) is 32.8 Å². The third-order valence-electron chi connectivity index (χ3n) is 5.15. The molecule has 0 bridgehead atoms. The number of nitrogens with one attached hydrogen (secondary N) is 1. The Morgan fingerprint density at radius 1 is 1.07 bits per heavy atom. The lowest BCUT2D eigenvalue weighted by Crippen LogP contribution is -2.44. The van der Waals surface area contributed by atoms with Gasteiger partial charge in [-0.25, -0.2) is 0 Å². The highest BCUT2D eigenvalue weighted by molar-refractivity contribution is 5.70. The van der Waals surface area contributed by atoms with Gasteiger partial charge < -0.3 is 11.5 Å². The van der Waals surface area contributed by atoms with Gasteiger partial charge in [0.1, 0.15) is 0 Å². The molecule has 27 heavy (non-hydrogen) atoms. The van der Waals surface area contributed by atoms with Crippen LogP contribution in [0.25, 0.3) is 23.4 Å². The molecule has 0 saturated heterocycles. The second kappa shape index (κ2) is 7.38. The first-order chi connectivity index (χ1) is 13.1. The summed E-state index contributed by atoms with van der Waals surface area (Å²) >= 11 is 0. The van der Waals surface area contributed by atoms with E-state index in [1.54, 1.807) is 0 Å². The van der Waals surface area contributed by atoms with E-state index in [4.69, 9.17) is 16.5 Å². The first-order valence-electron chi connectivity index (χ1n) is 9.16. The molecule has 0 atom stereocenters. The fraction of sp³-hybridized carbons (Fsp3) is 0.300. The van der Waals surface area contributed by atoms with Crippen molar-refractivity contribution in [2.24, 2.45) is 11.5 Å². The summed E-state index contributed by atoms with van der Waals surface area (Å²) in [6.45, 7) is 0. The van der Waals surface area contributed by atoms with Gasteiger partial charge in [-0.2, -0.15) is 5.21 Å². The molecule has 1 aromatic carbocycles. The average molecular weight is 361 g/mol. The van der Waals surface area contributed by atoms with Crippen molar-refractivity contribution in [2.75, 3.05) is 0 Å². The monoisotopic (exact) mass is 361 g/mol. The minimum atomic E-state index is -0.387. The van der Waals surface area contributed by atoms with Crippen LogP contribution >= 0.6 is 0 Å². The highest BCUT2D eigenvalue weighted by Crippen LogP contribution is 2.34. The largest absolute Gasteiger partial charge is 0.328 e. The minimum absolute atomic E-state index is 0.257. The van der Waals surface area contributed by atoms with Gasteiger partial charge in [0.05, 0.1) is 16.9 Å². The Hall–Kier alpha value is -2.90. The van der Waals surface area contributed by atoms with Crippen molar-refractivity contribution >= 4 is 12.2 Å². The topological polar surface area (TPSA) is 119 Å². The van der Waals surface area contributed by atoms with Gasteiger partial charge in [-0.3, -0.25) is 4.98 Å². The predicted octanol–water partition coefficient (Wildman–Crippen LogP) is 2.49. The number of H-pyrrole nitrogens is 1. The molecule has 1 fully saturated rings. The number of rotatable bonds is 4. The molecular weight excluding hydrogens is 338 g/mol. The van der Waals surface area contributed by atoms with Crippen LogP contribution in [0.3, 0.4) is 0 Å². The van der Waals surface area contributed by atoms with Gasteiger partial charge in [0.15, 0.2) is 5.82 Å². The number of pyridine rings is 1. The zero-order valence-electron chi connectivity index (χ0n) is 15.0. The van der Waals surface area contributed by atoms with Crippen LogP contribution in [0.2, 0.25) is 0 Å². The van der Waals surface area contributed by atoms with Gasteiger partial charge >= 0.3 is 0 Å². The molecule has 3 aromatic rings. The van der Waals surface area contributed by atoms with Crippen molar-refractivity contribution in [2.45, 2.75) is 37.3 Å². The van der Waals surface area contributed by atoms with Crippen molar-refractivity contribution < 1.29 is 0 Å². The van der Waals surface area contributed by atoms with Crippen molar-refractivity contribution in [1.29, 1.82) is 0 Å². The summed E-state index contributed by atoms with van der Waals surface area (Å²) in [5, 5.41) is 13.8. The molecule has 138 valence electrons. The Kier molecular flexibility index (Phi) is 4.79. The van der Waals surface area contributed by atoms with Crippen LogP contribution in [-0.2, 0) is 5.54 Å². The van der Waals surface area contributed by atoms with Crippen molar-refractivity contribution in [1.82, 2.24) is 25.6 Å². The normalized spacial score (nSPS) is 23.0. The molecule has 7 nitrogen and oxygen atoms in total. The highest BCUT2D eigenvalue weighted by Gasteiger charge is 2.33. The Morgan fingerprint density at radius 2 is 1.89 bits per heavy atom. The van der Waals surface area contributed by atoms with E-state index in [0.717, 1.165) is 48.2 Å². The number of aromatic nitrogens is 5. The summed E-state index contributed by atoms with van der Waals surface area (Å²) in [6.07, 6.45) is 7.39. The van der Waals surface area contributed by atoms with Gasteiger partial charge in [0.25, 0.3) is 0 Å². The van der Waals surface area contributed by atoms with E-state index < -0.39 is 0 Å². The number of benzene rings is 1. The molecule has 7 heteroatoms. The lowest BCUT2D eigenvalue weighted by Gasteiger charge is -2.35. The maximum absolute atomic E-state index is 6.67. The lowest BCUT2D eigenvalue weighted by molar-refractivity contribution is 0.271. The summed E-state index contributed by atoms with van der Waals surface area (Å²) in [4.78, 5) is 4.88. The predicted molar refractivity (Wildman–Crippen MR) is 105 cm³/mol. The van der Waals surface area contributed by atoms with E-state index in [1.165, 1.54) is 0 Å². The minimum Gasteiger partial charge on any atom is -0.328 e. The van der Waals surface area contributed by atoms with Crippen LogP contribution in [0.15, 0.2) is 42.5 Å². The van der Waals surface area contributed by atoms with Gasteiger partial charge in [0.2, 0.25) is 0 Å². The lowest BCUT2D eigenvalue weighted by atomic mass is 9.78. The smallest absolute Gasteiger partial charge is 0.197 e. The Bertz CT molecular complexity index is 925. The first kappa shape index (κ1) is 17.5. The molecule has 0 aliphatic heterocycles. The van der Waals surface area contributed by atoms with E-state index in [9.17, 15) is 0 Å². The van der Waals surface area contributed by atoms with E-state index in [-0.39, 0.29) is 11.6 Å². The van der Waals surface area contributed by atoms with Gasteiger partial charge in [-0.15, -0.1) is 10.2 Å². The van der Waals surface area contributed by atoms with Crippen molar-refractivity contribution in [3.8, 4) is 11.3 Å². The number of aromatic amines is 1. The fourth-order valence-electron chi connectivity index (χ4n) is 3.50. The number of hydrogen-bond acceptors (Lipinski definition) is 6. The zero-order chi connectivity index (χ0) is 18.7. The molecule has 2 heterocycles. The van der Waals surface area contributed by atoms with E-state index in [1.807, 2.05) is 42.5 Å². The highest BCUT2D eigenvalue weighted by atomic mass is 15.5. The van der Waals surface area contributed by atoms with Crippen LogP contribution in [0.1, 0.15) is 42.8 Å². The SMILES string of the molecule is NC1CCC(N)(c2cccc(-c3cccc(C=Cc4nn[nH]n4)c3)n2)CC1. The molecule has 0 spiro atoms. The first-order valence-corrected chi connectivity index (χ1v) is 9.16. The number of nitrogens with two attached hydrogens (primary N) is 2. The van der Waals surface area contributed by atoms with Crippen LogP contribution in [0.4, 0.5) is 0 Å². The molecule has 0 unspecified atom stereocenters. The van der Waals surface area contributed by atoms with Crippen LogP contribution < -0.4 is 11.5 Å². The molecule has 4 rings (SSSR count).